The van der Waals surface area contributed by atoms with Crippen LogP contribution in [0, 0.1) is 5.92 Å². The maximum atomic E-state index is 12.8. The van der Waals surface area contributed by atoms with Crippen molar-refractivity contribution in [2.75, 3.05) is 31.1 Å². The molecule has 5 nitrogen and oxygen atoms in total. The van der Waals surface area contributed by atoms with Crippen molar-refractivity contribution in [1.82, 2.24) is 14.5 Å². The van der Waals surface area contributed by atoms with Gasteiger partial charge in [-0.2, -0.15) is 0 Å². The SMILES string of the molecule is O=C(C1CCn2ccnc2C1)N1CCN(c2cccc(Cl)c2)CC1. The molecule has 1 aromatic heterocycles. The molecule has 0 radical (unpaired) electrons. The number of aromatic nitrogens is 2. The third kappa shape index (κ3) is 3.00. The molecular weight excluding hydrogens is 324 g/mol. The number of carbonyl (C=O) groups excluding carboxylic acids is 1. The van der Waals surface area contributed by atoms with E-state index in [0.717, 1.165) is 62.1 Å². The Balaban J connectivity index is 1.37. The number of fused-ring (bicyclic) bond motifs is 1. The van der Waals surface area contributed by atoms with Gasteiger partial charge in [-0.15, -0.1) is 0 Å². The van der Waals surface area contributed by atoms with Crippen LogP contribution in [0.15, 0.2) is 36.7 Å². The van der Waals surface area contributed by atoms with Gasteiger partial charge in [0, 0.05) is 68.2 Å². The number of benzene rings is 1. The van der Waals surface area contributed by atoms with E-state index in [4.69, 9.17) is 11.6 Å². The van der Waals surface area contributed by atoms with Crippen LogP contribution in [0.1, 0.15) is 12.2 Å². The zero-order valence-corrected chi connectivity index (χ0v) is 14.3. The maximum absolute atomic E-state index is 12.8. The minimum absolute atomic E-state index is 0.0811. The van der Waals surface area contributed by atoms with Crippen molar-refractivity contribution in [3.05, 3.63) is 47.5 Å². The number of carbonyl (C=O) groups is 1. The van der Waals surface area contributed by atoms with Crippen molar-refractivity contribution in [1.29, 1.82) is 0 Å². The van der Waals surface area contributed by atoms with Crippen LogP contribution >= 0.6 is 11.6 Å². The molecule has 2 aliphatic heterocycles. The van der Waals surface area contributed by atoms with E-state index in [1.165, 1.54) is 0 Å². The van der Waals surface area contributed by atoms with Gasteiger partial charge in [-0.25, -0.2) is 4.98 Å². The topological polar surface area (TPSA) is 41.4 Å². The number of hydrogen-bond acceptors (Lipinski definition) is 3. The summed E-state index contributed by atoms with van der Waals surface area (Å²) in [5, 5.41) is 0.753. The van der Waals surface area contributed by atoms with E-state index in [0.29, 0.717) is 0 Å². The first-order valence-corrected chi connectivity index (χ1v) is 8.88. The first-order chi connectivity index (χ1) is 11.7. The Morgan fingerprint density at radius 1 is 1.17 bits per heavy atom. The Morgan fingerprint density at radius 3 is 2.79 bits per heavy atom. The number of halogens is 1. The van der Waals surface area contributed by atoms with Gasteiger partial charge in [-0.1, -0.05) is 17.7 Å². The van der Waals surface area contributed by atoms with Gasteiger partial charge < -0.3 is 14.4 Å². The van der Waals surface area contributed by atoms with Crippen LogP contribution in [-0.4, -0.2) is 46.5 Å². The monoisotopic (exact) mass is 344 g/mol. The van der Waals surface area contributed by atoms with E-state index in [2.05, 4.69) is 20.5 Å². The van der Waals surface area contributed by atoms with Gasteiger partial charge in [0.15, 0.2) is 0 Å². The second-order valence-corrected chi connectivity index (χ2v) is 6.96. The summed E-state index contributed by atoms with van der Waals surface area (Å²) in [7, 11) is 0. The number of aryl methyl sites for hydroxylation is 1. The van der Waals surface area contributed by atoms with E-state index in [-0.39, 0.29) is 11.8 Å². The molecule has 1 aromatic carbocycles. The van der Waals surface area contributed by atoms with Crippen molar-refractivity contribution in [2.24, 2.45) is 5.92 Å². The van der Waals surface area contributed by atoms with Gasteiger partial charge >= 0.3 is 0 Å². The Labute approximate surface area is 146 Å². The van der Waals surface area contributed by atoms with Crippen LogP contribution in [0.25, 0.3) is 0 Å². The van der Waals surface area contributed by atoms with Crippen LogP contribution in [-0.2, 0) is 17.8 Å². The summed E-state index contributed by atoms with van der Waals surface area (Å²) in [6.45, 7) is 4.15. The zero-order valence-electron chi connectivity index (χ0n) is 13.6. The van der Waals surface area contributed by atoms with Crippen LogP contribution in [0.2, 0.25) is 5.02 Å². The third-order valence-corrected chi connectivity index (χ3v) is 5.30. The number of nitrogens with zero attached hydrogens (tertiary/aromatic N) is 4. The molecule has 2 aromatic rings. The molecule has 1 saturated heterocycles. The maximum Gasteiger partial charge on any atom is 0.226 e. The number of rotatable bonds is 2. The van der Waals surface area contributed by atoms with E-state index in [1.807, 2.05) is 35.5 Å². The Hall–Kier alpha value is -2.01. The van der Waals surface area contributed by atoms with Crippen molar-refractivity contribution < 1.29 is 4.79 Å². The summed E-state index contributed by atoms with van der Waals surface area (Å²) in [4.78, 5) is 21.5. The number of imidazole rings is 1. The second kappa shape index (κ2) is 6.48. The van der Waals surface area contributed by atoms with Crippen LogP contribution in [0.4, 0.5) is 5.69 Å². The van der Waals surface area contributed by atoms with Crippen molar-refractivity contribution in [2.45, 2.75) is 19.4 Å². The predicted molar refractivity (Wildman–Crippen MR) is 94.3 cm³/mol. The number of piperazine rings is 1. The predicted octanol–water partition coefficient (Wildman–Crippen LogP) is 2.45. The molecule has 24 heavy (non-hydrogen) atoms. The van der Waals surface area contributed by atoms with Gasteiger partial charge in [-0.3, -0.25) is 4.79 Å². The highest BCUT2D eigenvalue weighted by Gasteiger charge is 2.30. The number of anilines is 1. The third-order valence-electron chi connectivity index (χ3n) is 5.06. The summed E-state index contributed by atoms with van der Waals surface area (Å²) in [5.74, 6) is 1.41. The first-order valence-electron chi connectivity index (χ1n) is 8.50. The van der Waals surface area contributed by atoms with Gasteiger partial charge in [0.1, 0.15) is 5.82 Å². The zero-order chi connectivity index (χ0) is 16.5. The van der Waals surface area contributed by atoms with E-state index in [1.54, 1.807) is 0 Å². The Morgan fingerprint density at radius 2 is 2.00 bits per heavy atom. The molecule has 3 heterocycles. The van der Waals surface area contributed by atoms with Crippen LogP contribution in [0.5, 0.6) is 0 Å². The highest BCUT2D eigenvalue weighted by Crippen LogP contribution is 2.24. The molecule has 6 heteroatoms. The van der Waals surface area contributed by atoms with Gasteiger partial charge in [0.2, 0.25) is 5.91 Å². The minimum atomic E-state index is 0.0811. The quantitative estimate of drug-likeness (QED) is 0.840. The van der Waals surface area contributed by atoms with Crippen molar-refractivity contribution in [3.63, 3.8) is 0 Å². The number of hydrogen-bond donors (Lipinski definition) is 0. The molecule has 1 atom stereocenters. The summed E-state index contributed by atoms with van der Waals surface area (Å²) >= 11 is 6.08. The summed E-state index contributed by atoms with van der Waals surface area (Å²) in [5.41, 5.74) is 1.13. The largest absolute Gasteiger partial charge is 0.368 e. The first kappa shape index (κ1) is 15.5. The average Bonchev–Trinajstić information content (AvgIpc) is 3.09. The van der Waals surface area contributed by atoms with Gasteiger partial charge in [0.05, 0.1) is 0 Å². The average molecular weight is 345 g/mol. The van der Waals surface area contributed by atoms with Crippen molar-refractivity contribution >= 4 is 23.2 Å². The van der Waals surface area contributed by atoms with Gasteiger partial charge in [-0.05, 0) is 24.6 Å². The van der Waals surface area contributed by atoms with E-state index in [9.17, 15) is 4.79 Å². The number of amides is 1. The Bertz CT molecular complexity index is 736. The molecule has 1 amide bonds. The highest BCUT2D eigenvalue weighted by atomic mass is 35.5. The molecule has 1 unspecified atom stereocenters. The molecule has 4 rings (SSSR count). The van der Waals surface area contributed by atoms with Crippen LogP contribution < -0.4 is 4.90 Å². The fourth-order valence-corrected chi connectivity index (χ4v) is 3.86. The lowest BCUT2D eigenvalue weighted by Gasteiger charge is -2.38. The minimum Gasteiger partial charge on any atom is -0.368 e. The normalized spacial score (nSPS) is 20.8. The lowest BCUT2D eigenvalue weighted by Crippen LogP contribution is -2.51. The molecule has 1 fully saturated rings. The van der Waals surface area contributed by atoms with Gasteiger partial charge in [0.25, 0.3) is 0 Å². The molecule has 0 N–H and O–H groups in total. The molecule has 0 spiro atoms. The van der Waals surface area contributed by atoms with Crippen LogP contribution in [0.3, 0.4) is 0 Å². The summed E-state index contributed by atoms with van der Waals surface area (Å²) in [6, 6.07) is 7.92. The lowest BCUT2D eigenvalue weighted by molar-refractivity contribution is -0.136. The molecule has 2 aliphatic rings. The molecule has 0 saturated carbocycles. The Kier molecular flexibility index (Phi) is 4.19. The van der Waals surface area contributed by atoms with E-state index < -0.39 is 0 Å². The molecular formula is C18H21ClN4O. The summed E-state index contributed by atoms with van der Waals surface area (Å²) in [6.07, 6.45) is 5.50. The molecule has 0 bridgehead atoms. The molecule has 126 valence electrons. The smallest absolute Gasteiger partial charge is 0.226 e. The van der Waals surface area contributed by atoms with E-state index >= 15 is 0 Å². The lowest BCUT2D eigenvalue weighted by atomic mass is 9.96. The summed E-state index contributed by atoms with van der Waals surface area (Å²) < 4.78 is 2.15. The second-order valence-electron chi connectivity index (χ2n) is 6.52. The van der Waals surface area contributed by atoms with Crippen molar-refractivity contribution in [3.8, 4) is 0 Å². The fraction of sp³-hybridized carbons (Fsp3) is 0.444. The molecule has 0 aliphatic carbocycles. The fourth-order valence-electron chi connectivity index (χ4n) is 3.68. The standard InChI is InChI=1S/C18H21ClN4O/c19-15-2-1-3-16(13-15)21-8-10-23(11-9-21)18(24)14-4-6-22-7-5-20-17(22)12-14/h1-3,5,7,13-14H,4,6,8-12H2. The highest BCUT2D eigenvalue weighted by molar-refractivity contribution is 6.30.